The Balaban J connectivity index is 1.36. The largest absolute Gasteiger partial charge is 0.379 e. The van der Waals surface area contributed by atoms with Crippen LogP contribution in [0.4, 0.5) is 0 Å². The highest BCUT2D eigenvalue weighted by atomic mass is 16.5. The number of pyridine rings is 1. The zero-order chi connectivity index (χ0) is 17.8. The zero-order valence-electron chi connectivity index (χ0n) is 15.7. The quantitative estimate of drug-likeness (QED) is 0.834. The summed E-state index contributed by atoms with van der Waals surface area (Å²) >= 11 is 0. The van der Waals surface area contributed by atoms with E-state index in [0.29, 0.717) is 11.8 Å². The van der Waals surface area contributed by atoms with Crippen LogP contribution >= 0.6 is 0 Å². The number of piperidine rings is 1. The molecule has 1 aromatic heterocycles. The molecule has 1 aliphatic carbocycles. The van der Waals surface area contributed by atoms with E-state index in [1.165, 1.54) is 18.4 Å². The minimum absolute atomic E-state index is 0.200. The number of aromatic nitrogens is 1. The lowest BCUT2D eigenvalue weighted by Gasteiger charge is -2.43. The van der Waals surface area contributed by atoms with E-state index >= 15 is 0 Å². The summed E-state index contributed by atoms with van der Waals surface area (Å²) in [6.45, 7) is 6.41. The molecule has 5 heteroatoms. The Kier molecular flexibility index (Phi) is 5.55. The molecule has 3 heterocycles. The highest BCUT2D eigenvalue weighted by Crippen LogP contribution is 2.36. The average Bonchev–Trinajstić information content (AvgIpc) is 3.14. The van der Waals surface area contributed by atoms with Gasteiger partial charge in [0, 0.05) is 56.5 Å². The summed E-state index contributed by atoms with van der Waals surface area (Å²) in [7, 11) is 0. The Morgan fingerprint density at radius 1 is 1.23 bits per heavy atom. The molecule has 0 unspecified atom stereocenters. The van der Waals surface area contributed by atoms with Gasteiger partial charge in [-0.2, -0.15) is 0 Å². The van der Waals surface area contributed by atoms with E-state index in [2.05, 4.69) is 20.9 Å². The SMILES string of the molecule is O=C(C1CCCC1)N1CCC2(CC1)COCCN(Cc1cccnc1)C2. The molecular weight excluding hydrogens is 326 g/mol. The van der Waals surface area contributed by atoms with Crippen molar-refractivity contribution >= 4 is 5.91 Å². The van der Waals surface area contributed by atoms with E-state index in [9.17, 15) is 4.79 Å². The van der Waals surface area contributed by atoms with Gasteiger partial charge in [0.05, 0.1) is 13.2 Å². The first-order valence-electron chi connectivity index (χ1n) is 10.2. The second-order valence-corrected chi connectivity index (χ2v) is 8.43. The standard InChI is InChI=1S/C21H31N3O2/c25-20(19-5-1-2-6-19)24-10-7-21(8-11-24)16-23(12-13-26-17-21)15-18-4-3-9-22-14-18/h3-4,9,14,19H,1-2,5-8,10-13,15-17H2. The molecule has 3 fully saturated rings. The van der Waals surface area contributed by atoms with E-state index in [4.69, 9.17) is 4.74 Å². The normalized spacial score (nSPS) is 24.7. The van der Waals surface area contributed by atoms with E-state index < -0.39 is 0 Å². The van der Waals surface area contributed by atoms with Crippen LogP contribution in [0.5, 0.6) is 0 Å². The fourth-order valence-corrected chi connectivity index (χ4v) is 4.90. The summed E-state index contributed by atoms with van der Waals surface area (Å²) in [6.07, 6.45) is 10.6. The van der Waals surface area contributed by atoms with E-state index in [1.54, 1.807) is 0 Å². The molecule has 0 bridgehead atoms. The predicted molar refractivity (Wildman–Crippen MR) is 101 cm³/mol. The van der Waals surface area contributed by atoms with Crippen molar-refractivity contribution in [1.82, 2.24) is 14.8 Å². The summed E-state index contributed by atoms with van der Waals surface area (Å²) in [5, 5.41) is 0. The van der Waals surface area contributed by atoms with Gasteiger partial charge in [0.25, 0.3) is 0 Å². The van der Waals surface area contributed by atoms with Gasteiger partial charge in [-0.15, -0.1) is 0 Å². The van der Waals surface area contributed by atoms with Crippen molar-refractivity contribution < 1.29 is 9.53 Å². The van der Waals surface area contributed by atoms with Crippen molar-refractivity contribution in [2.24, 2.45) is 11.3 Å². The van der Waals surface area contributed by atoms with E-state index in [1.807, 2.05) is 18.5 Å². The molecular formula is C21H31N3O2. The molecule has 2 aliphatic heterocycles. The van der Waals surface area contributed by atoms with Gasteiger partial charge in [-0.05, 0) is 37.3 Å². The van der Waals surface area contributed by atoms with Crippen molar-refractivity contribution in [3.63, 3.8) is 0 Å². The van der Waals surface area contributed by atoms with Crippen molar-refractivity contribution in [1.29, 1.82) is 0 Å². The van der Waals surface area contributed by atoms with Gasteiger partial charge in [-0.3, -0.25) is 14.7 Å². The van der Waals surface area contributed by atoms with Gasteiger partial charge >= 0.3 is 0 Å². The Bertz CT molecular complexity index is 593. The van der Waals surface area contributed by atoms with Crippen LogP contribution in [0.15, 0.2) is 24.5 Å². The topological polar surface area (TPSA) is 45.7 Å². The van der Waals surface area contributed by atoms with Crippen LogP contribution in [0.2, 0.25) is 0 Å². The minimum Gasteiger partial charge on any atom is -0.379 e. The number of carbonyl (C=O) groups is 1. The highest BCUT2D eigenvalue weighted by Gasteiger charge is 2.40. The van der Waals surface area contributed by atoms with Gasteiger partial charge in [0.1, 0.15) is 0 Å². The fraction of sp³-hybridized carbons (Fsp3) is 0.714. The van der Waals surface area contributed by atoms with Gasteiger partial charge in [-0.1, -0.05) is 18.9 Å². The van der Waals surface area contributed by atoms with Crippen molar-refractivity contribution in [3.8, 4) is 0 Å². The first kappa shape index (κ1) is 17.9. The third-order valence-electron chi connectivity index (χ3n) is 6.49. The first-order chi connectivity index (χ1) is 12.7. The molecule has 1 saturated carbocycles. The van der Waals surface area contributed by atoms with Crippen LogP contribution in [0.1, 0.15) is 44.1 Å². The van der Waals surface area contributed by atoms with E-state index in [0.717, 1.165) is 71.6 Å². The van der Waals surface area contributed by atoms with Crippen LogP contribution in [-0.2, 0) is 16.1 Å². The second-order valence-electron chi connectivity index (χ2n) is 8.43. The molecule has 2 saturated heterocycles. The minimum atomic E-state index is 0.200. The summed E-state index contributed by atoms with van der Waals surface area (Å²) in [4.78, 5) is 21.6. The molecule has 26 heavy (non-hydrogen) atoms. The number of amides is 1. The van der Waals surface area contributed by atoms with Gasteiger partial charge in [-0.25, -0.2) is 0 Å². The number of rotatable bonds is 3. The summed E-state index contributed by atoms with van der Waals surface area (Å²) in [5.41, 5.74) is 1.46. The smallest absolute Gasteiger partial charge is 0.225 e. The third kappa shape index (κ3) is 4.09. The van der Waals surface area contributed by atoms with Crippen LogP contribution in [0.3, 0.4) is 0 Å². The molecule has 4 rings (SSSR count). The monoisotopic (exact) mass is 357 g/mol. The molecule has 0 atom stereocenters. The zero-order valence-corrected chi connectivity index (χ0v) is 15.7. The van der Waals surface area contributed by atoms with Crippen molar-refractivity contribution in [3.05, 3.63) is 30.1 Å². The first-order valence-corrected chi connectivity index (χ1v) is 10.2. The van der Waals surface area contributed by atoms with Crippen molar-refractivity contribution in [2.75, 3.05) is 39.4 Å². The lowest BCUT2D eigenvalue weighted by atomic mass is 9.78. The number of hydrogen-bond donors (Lipinski definition) is 0. The summed E-state index contributed by atoms with van der Waals surface area (Å²) in [6, 6.07) is 4.15. The van der Waals surface area contributed by atoms with Gasteiger partial charge in [0.2, 0.25) is 5.91 Å². The molecule has 3 aliphatic rings. The number of nitrogens with zero attached hydrogens (tertiary/aromatic N) is 3. The summed E-state index contributed by atoms with van der Waals surface area (Å²) < 4.78 is 5.99. The number of likely N-dealkylation sites (tertiary alicyclic amines) is 1. The van der Waals surface area contributed by atoms with Crippen molar-refractivity contribution in [2.45, 2.75) is 45.1 Å². The Morgan fingerprint density at radius 2 is 2.04 bits per heavy atom. The van der Waals surface area contributed by atoms with Crippen LogP contribution in [0, 0.1) is 11.3 Å². The van der Waals surface area contributed by atoms with Crippen LogP contribution in [-0.4, -0.2) is 60.1 Å². The summed E-state index contributed by atoms with van der Waals surface area (Å²) in [5.74, 6) is 0.718. The van der Waals surface area contributed by atoms with Gasteiger partial charge in [0.15, 0.2) is 0 Å². The third-order valence-corrected chi connectivity index (χ3v) is 6.49. The predicted octanol–water partition coefficient (Wildman–Crippen LogP) is 2.71. The maximum atomic E-state index is 12.7. The molecule has 1 spiro atoms. The lowest BCUT2D eigenvalue weighted by Crippen LogP contribution is -2.49. The second kappa shape index (κ2) is 8.05. The molecule has 0 radical (unpaired) electrons. The molecule has 5 nitrogen and oxygen atoms in total. The molecule has 0 aromatic carbocycles. The molecule has 1 amide bonds. The van der Waals surface area contributed by atoms with Crippen LogP contribution in [0.25, 0.3) is 0 Å². The van der Waals surface area contributed by atoms with Crippen LogP contribution < -0.4 is 0 Å². The Morgan fingerprint density at radius 3 is 2.77 bits per heavy atom. The molecule has 142 valence electrons. The number of hydrogen-bond acceptors (Lipinski definition) is 4. The lowest BCUT2D eigenvalue weighted by molar-refractivity contribution is -0.138. The highest BCUT2D eigenvalue weighted by molar-refractivity contribution is 5.79. The van der Waals surface area contributed by atoms with E-state index in [-0.39, 0.29) is 5.41 Å². The fourth-order valence-electron chi connectivity index (χ4n) is 4.90. The van der Waals surface area contributed by atoms with Gasteiger partial charge < -0.3 is 9.64 Å². The average molecular weight is 357 g/mol. The molecule has 0 N–H and O–H groups in total. The number of ether oxygens (including phenoxy) is 1. The molecule has 1 aromatic rings. The number of carbonyl (C=O) groups excluding carboxylic acids is 1. The maximum Gasteiger partial charge on any atom is 0.225 e. The Hall–Kier alpha value is -1.46. The maximum absolute atomic E-state index is 12.7. The Labute approximate surface area is 156 Å².